The lowest BCUT2D eigenvalue weighted by Crippen LogP contribution is -2.40. The van der Waals surface area contributed by atoms with E-state index in [0.717, 1.165) is 49.9 Å². The third kappa shape index (κ3) is 4.61. The zero-order valence-corrected chi connectivity index (χ0v) is 16.7. The molecule has 1 aromatic carbocycles. The number of ether oxygens (including phenoxy) is 1. The fourth-order valence-electron chi connectivity index (χ4n) is 4.78. The summed E-state index contributed by atoms with van der Waals surface area (Å²) in [5.41, 5.74) is 1.34. The number of nitrogens with zero attached hydrogens (tertiary/aromatic N) is 1. The van der Waals surface area contributed by atoms with Crippen molar-refractivity contribution in [3.8, 4) is 5.75 Å². The molecule has 3 nitrogen and oxygen atoms in total. The Hall–Kier alpha value is -1.51. The van der Waals surface area contributed by atoms with Crippen LogP contribution in [0, 0.1) is 17.8 Å². The number of hydrogen-bond acceptors (Lipinski definition) is 2. The summed E-state index contributed by atoms with van der Waals surface area (Å²) in [5, 5.41) is 0. The summed E-state index contributed by atoms with van der Waals surface area (Å²) in [5.74, 6) is 3.61. The Bertz CT molecular complexity index is 572. The fraction of sp³-hybridized carbons (Fsp3) is 0.696. The van der Waals surface area contributed by atoms with Crippen molar-refractivity contribution >= 4 is 5.91 Å². The molecule has 1 unspecified atom stereocenters. The van der Waals surface area contributed by atoms with Crippen LogP contribution in [-0.2, 0) is 4.79 Å². The van der Waals surface area contributed by atoms with Gasteiger partial charge in [-0.3, -0.25) is 4.79 Å². The van der Waals surface area contributed by atoms with Crippen LogP contribution in [0.5, 0.6) is 5.75 Å². The van der Waals surface area contributed by atoms with Crippen LogP contribution in [0.2, 0.25) is 0 Å². The maximum atomic E-state index is 13.2. The van der Waals surface area contributed by atoms with Gasteiger partial charge < -0.3 is 9.64 Å². The van der Waals surface area contributed by atoms with E-state index in [-0.39, 0.29) is 5.92 Å². The van der Waals surface area contributed by atoms with Crippen molar-refractivity contribution in [3.05, 3.63) is 29.8 Å². The molecule has 1 saturated heterocycles. The third-order valence-corrected chi connectivity index (χ3v) is 6.63. The third-order valence-electron chi connectivity index (χ3n) is 6.63. The van der Waals surface area contributed by atoms with Crippen molar-refractivity contribution in [1.82, 2.24) is 4.90 Å². The summed E-state index contributed by atoms with van der Waals surface area (Å²) in [6, 6.07) is 8.43. The number of methoxy groups -OCH3 is 1. The number of hydrogen-bond donors (Lipinski definition) is 0. The lowest BCUT2D eigenvalue weighted by Gasteiger charge is -2.34. The Labute approximate surface area is 159 Å². The molecule has 1 aliphatic heterocycles. The van der Waals surface area contributed by atoms with Crippen molar-refractivity contribution < 1.29 is 9.53 Å². The molecule has 2 aliphatic rings. The van der Waals surface area contributed by atoms with Gasteiger partial charge in [-0.15, -0.1) is 0 Å². The summed E-state index contributed by atoms with van der Waals surface area (Å²) in [6.07, 6.45) is 8.15. The molecule has 144 valence electrons. The predicted octanol–water partition coefficient (Wildman–Crippen LogP) is 5.25. The van der Waals surface area contributed by atoms with E-state index >= 15 is 0 Å². The maximum Gasteiger partial charge on any atom is 0.225 e. The van der Waals surface area contributed by atoms with E-state index in [1.807, 2.05) is 12.1 Å². The van der Waals surface area contributed by atoms with E-state index in [0.29, 0.717) is 11.8 Å². The van der Waals surface area contributed by atoms with E-state index in [9.17, 15) is 4.79 Å². The number of amides is 1. The first-order valence-electron chi connectivity index (χ1n) is 10.5. The van der Waals surface area contributed by atoms with Crippen LogP contribution in [0.3, 0.4) is 0 Å². The summed E-state index contributed by atoms with van der Waals surface area (Å²) < 4.78 is 5.28. The van der Waals surface area contributed by atoms with Gasteiger partial charge in [0.1, 0.15) is 5.75 Å². The molecule has 3 rings (SSSR count). The number of carbonyl (C=O) groups is 1. The maximum absolute atomic E-state index is 13.2. The Morgan fingerprint density at radius 2 is 1.73 bits per heavy atom. The highest BCUT2D eigenvalue weighted by Gasteiger charge is 2.32. The number of likely N-dealkylation sites (tertiary alicyclic amines) is 1. The highest BCUT2D eigenvalue weighted by Crippen LogP contribution is 2.35. The van der Waals surface area contributed by atoms with Crippen LogP contribution in [0.1, 0.15) is 70.3 Å². The minimum Gasteiger partial charge on any atom is -0.497 e. The standard InChI is InChI=1S/C23H35NO2/c1-17(2)18-7-9-20(10-8-18)23(25)24-15-5-4-6-21(16-24)19-11-13-22(26-3)14-12-19/h11-14,17-18,20-21H,4-10,15-16H2,1-3H3. The van der Waals surface area contributed by atoms with Crippen LogP contribution >= 0.6 is 0 Å². The van der Waals surface area contributed by atoms with Gasteiger partial charge in [0.25, 0.3) is 0 Å². The average Bonchev–Trinajstić information content (AvgIpc) is 2.94. The summed E-state index contributed by atoms with van der Waals surface area (Å²) in [7, 11) is 1.70. The molecular formula is C23H35NO2. The first-order valence-corrected chi connectivity index (χ1v) is 10.5. The van der Waals surface area contributed by atoms with Crippen LogP contribution in [0.25, 0.3) is 0 Å². The van der Waals surface area contributed by atoms with Crippen molar-refractivity contribution in [1.29, 1.82) is 0 Å². The van der Waals surface area contributed by atoms with Crippen LogP contribution in [-0.4, -0.2) is 31.0 Å². The van der Waals surface area contributed by atoms with Gasteiger partial charge in [0.2, 0.25) is 5.91 Å². The van der Waals surface area contributed by atoms with Gasteiger partial charge in [-0.05, 0) is 68.1 Å². The Kier molecular flexibility index (Phi) is 6.61. The second-order valence-corrected chi connectivity index (χ2v) is 8.61. The molecule has 2 fully saturated rings. The highest BCUT2D eigenvalue weighted by molar-refractivity contribution is 5.79. The minimum absolute atomic E-state index is 0.264. The number of carbonyl (C=O) groups excluding carboxylic acids is 1. The molecule has 1 aromatic rings. The molecule has 1 saturated carbocycles. The van der Waals surface area contributed by atoms with E-state index in [1.54, 1.807) is 7.11 Å². The molecule has 0 spiro atoms. The minimum atomic E-state index is 0.264. The Balaban J connectivity index is 1.62. The summed E-state index contributed by atoms with van der Waals surface area (Å²) in [4.78, 5) is 15.3. The number of rotatable bonds is 4. The predicted molar refractivity (Wildman–Crippen MR) is 106 cm³/mol. The molecule has 0 N–H and O–H groups in total. The molecule has 1 heterocycles. The van der Waals surface area contributed by atoms with E-state index in [2.05, 4.69) is 30.9 Å². The number of benzene rings is 1. The quantitative estimate of drug-likeness (QED) is 0.736. The van der Waals surface area contributed by atoms with Gasteiger partial charge in [-0.2, -0.15) is 0 Å². The molecule has 1 aliphatic carbocycles. The van der Waals surface area contributed by atoms with Gasteiger partial charge in [0, 0.05) is 24.9 Å². The monoisotopic (exact) mass is 357 g/mol. The van der Waals surface area contributed by atoms with Gasteiger partial charge in [0.05, 0.1) is 7.11 Å². The van der Waals surface area contributed by atoms with Crippen LogP contribution < -0.4 is 4.74 Å². The normalized spacial score (nSPS) is 27.2. The van der Waals surface area contributed by atoms with Gasteiger partial charge in [0.15, 0.2) is 0 Å². The summed E-state index contributed by atoms with van der Waals surface area (Å²) >= 11 is 0. The first-order chi connectivity index (χ1) is 12.6. The second kappa shape index (κ2) is 8.92. The zero-order valence-electron chi connectivity index (χ0n) is 16.7. The topological polar surface area (TPSA) is 29.5 Å². The van der Waals surface area contributed by atoms with Gasteiger partial charge in [-0.1, -0.05) is 32.4 Å². The summed E-state index contributed by atoms with van der Waals surface area (Å²) in [6.45, 7) is 6.47. The lowest BCUT2D eigenvalue weighted by atomic mass is 9.76. The molecule has 1 amide bonds. The van der Waals surface area contributed by atoms with E-state index in [1.165, 1.54) is 31.2 Å². The largest absolute Gasteiger partial charge is 0.497 e. The van der Waals surface area contributed by atoms with Gasteiger partial charge >= 0.3 is 0 Å². The Morgan fingerprint density at radius 3 is 2.35 bits per heavy atom. The smallest absolute Gasteiger partial charge is 0.225 e. The molecule has 26 heavy (non-hydrogen) atoms. The van der Waals surface area contributed by atoms with Crippen molar-refractivity contribution in [3.63, 3.8) is 0 Å². The van der Waals surface area contributed by atoms with Gasteiger partial charge in [-0.25, -0.2) is 0 Å². The average molecular weight is 358 g/mol. The molecule has 0 radical (unpaired) electrons. The SMILES string of the molecule is COc1ccc(C2CCCCN(C(=O)C3CCC(C(C)C)CC3)C2)cc1. The molecular weight excluding hydrogens is 322 g/mol. The van der Waals surface area contributed by atoms with Crippen LogP contribution in [0.15, 0.2) is 24.3 Å². The van der Waals surface area contributed by atoms with Crippen molar-refractivity contribution in [2.45, 2.75) is 64.7 Å². The van der Waals surface area contributed by atoms with E-state index < -0.39 is 0 Å². The highest BCUT2D eigenvalue weighted by atomic mass is 16.5. The molecule has 1 atom stereocenters. The van der Waals surface area contributed by atoms with E-state index in [4.69, 9.17) is 4.74 Å². The second-order valence-electron chi connectivity index (χ2n) is 8.61. The van der Waals surface area contributed by atoms with Crippen LogP contribution in [0.4, 0.5) is 0 Å². The fourth-order valence-corrected chi connectivity index (χ4v) is 4.78. The molecule has 0 bridgehead atoms. The van der Waals surface area contributed by atoms with Crippen molar-refractivity contribution in [2.24, 2.45) is 17.8 Å². The zero-order chi connectivity index (χ0) is 18.5. The Morgan fingerprint density at radius 1 is 1.04 bits per heavy atom. The molecule has 3 heteroatoms. The molecule has 0 aromatic heterocycles. The van der Waals surface area contributed by atoms with Crippen molar-refractivity contribution in [2.75, 3.05) is 20.2 Å². The lowest BCUT2D eigenvalue weighted by molar-refractivity contribution is -0.137. The first kappa shape index (κ1) is 19.3.